The smallest absolute Gasteiger partial charge is 0.102 e. The van der Waals surface area contributed by atoms with Crippen LogP contribution in [-0.2, 0) is 4.74 Å². The van der Waals surface area contributed by atoms with Gasteiger partial charge >= 0.3 is 0 Å². The first-order chi connectivity index (χ1) is 15.2. The second-order valence-corrected chi connectivity index (χ2v) is 10.2. The lowest BCUT2D eigenvalue weighted by Crippen LogP contribution is -2.37. The van der Waals surface area contributed by atoms with Gasteiger partial charge in [0.15, 0.2) is 0 Å². The Hall–Kier alpha value is -2.02. The van der Waals surface area contributed by atoms with Gasteiger partial charge in [-0.05, 0) is 45.8 Å². The topological polar surface area (TPSA) is 64.6 Å². The predicted molar refractivity (Wildman–Crippen MR) is 134 cm³/mol. The summed E-state index contributed by atoms with van der Waals surface area (Å²) in [4.78, 5) is 2.48. The molecule has 1 aliphatic heterocycles. The molecule has 4 N–H and O–H groups in total. The maximum Gasteiger partial charge on any atom is 0.102 e. The van der Waals surface area contributed by atoms with Gasteiger partial charge in [0.05, 0.1) is 0 Å². The van der Waals surface area contributed by atoms with Crippen LogP contribution in [0.2, 0.25) is 0 Å². The van der Waals surface area contributed by atoms with Gasteiger partial charge in [-0.3, -0.25) is 0 Å². The van der Waals surface area contributed by atoms with Crippen molar-refractivity contribution < 1.29 is 4.74 Å². The molecule has 0 amide bonds. The number of benzene rings is 4. The van der Waals surface area contributed by atoms with E-state index in [1.807, 2.05) is 0 Å². The Morgan fingerprint density at radius 1 is 0.613 bits per heavy atom. The lowest BCUT2D eigenvalue weighted by molar-refractivity contribution is 0.342. The maximum atomic E-state index is 6.43. The van der Waals surface area contributed by atoms with Gasteiger partial charge in [0, 0.05) is 33.4 Å². The van der Waals surface area contributed by atoms with Gasteiger partial charge in [0.25, 0.3) is 0 Å². The van der Waals surface area contributed by atoms with Gasteiger partial charge in [-0.25, -0.2) is 0 Å². The Morgan fingerprint density at radius 3 is 1.48 bits per heavy atom. The van der Waals surface area contributed by atoms with E-state index >= 15 is 0 Å². The van der Waals surface area contributed by atoms with Crippen LogP contribution in [0.1, 0.15) is 0 Å². The zero-order valence-corrected chi connectivity index (χ0v) is 18.8. The molecule has 5 rings (SSSR count). The number of rotatable bonds is 8. The quantitative estimate of drug-likeness (QED) is 0.284. The number of thioether (sulfide) groups is 2. The minimum atomic E-state index is -0.0156. The maximum absolute atomic E-state index is 6.43. The van der Waals surface area contributed by atoms with Crippen molar-refractivity contribution >= 4 is 45.1 Å². The molecule has 4 aromatic carbocycles. The fraction of sp³-hybridized carbons (Fsp3) is 0.231. The summed E-state index contributed by atoms with van der Waals surface area (Å²) in [5.74, 6) is 1.65. The molecule has 1 heterocycles. The zero-order valence-electron chi connectivity index (χ0n) is 17.2. The second kappa shape index (κ2) is 9.23. The highest BCUT2D eigenvalue weighted by molar-refractivity contribution is 7.99. The first-order valence-electron chi connectivity index (χ1n) is 10.6. The molecule has 31 heavy (non-hydrogen) atoms. The summed E-state index contributed by atoms with van der Waals surface area (Å²) in [7, 11) is 0. The van der Waals surface area contributed by atoms with Crippen molar-refractivity contribution in [1.29, 1.82) is 0 Å². The van der Waals surface area contributed by atoms with E-state index in [9.17, 15) is 0 Å². The van der Waals surface area contributed by atoms with Crippen molar-refractivity contribution in [3.8, 4) is 0 Å². The minimum Gasteiger partial charge on any atom is -0.366 e. The number of epoxide rings is 1. The van der Waals surface area contributed by atoms with E-state index in [0.29, 0.717) is 0 Å². The highest BCUT2D eigenvalue weighted by Gasteiger charge is 2.46. The van der Waals surface area contributed by atoms with Crippen LogP contribution in [0, 0.1) is 0 Å². The normalized spacial score (nSPS) is 20.1. The third kappa shape index (κ3) is 4.92. The third-order valence-electron chi connectivity index (χ3n) is 5.73. The van der Waals surface area contributed by atoms with Crippen molar-refractivity contribution in [3.05, 3.63) is 84.9 Å². The average Bonchev–Trinajstić information content (AvgIpc) is 3.62. The van der Waals surface area contributed by atoms with Gasteiger partial charge in [0.2, 0.25) is 0 Å². The molecule has 1 saturated heterocycles. The highest BCUT2D eigenvalue weighted by Crippen LogP contribution is 2.33. The lowest BCUT2D eigenvalue weighted by atomic mass is 10.1. The van der Waals surface area contributed by atoms with Crippen LogP contribution in [0.4, 0.5) is 0 Å². The van der Waals surface area contributed by atoms with Crippen molar-refractivity contribution in [2.75, 3.05) is 11.5 Å². The molecule has 4 aromatic rings. The van der Waals surface area contributed by atoms with E-state index < -0.39 is 0 Å². The number of ether oxygens (including phenoxy) is 1. The summed E-state index contributed by atoms with van der Waals surface area (Å²) >= 11 is 3.57. The molecule has 0 aromatic heterocycles. The molecular weight excluding hydrogens is 420 g/mol. The van der Waals surface area contributed by atoms with Gasteiger partial charge in [-0.1, -0.05) is 60.7 Å². The SMILES string of the molecule is N[C@H](CSc1ccc2ccccc2c1)[C@@H]1O[C@@H]1[C@H](N)CSc1ccc2ccccc2c1. The van der Waals surface area contributed by atoms with Gasteiger partial charge in [-0.15, -0.1) is 23.5 Å². The average molecular weight is 447 g/mol. The molecule has 0 saturated carbocycles. The Morgan fingerprint density at radius 2 is 1.03 bits per heavy atom. The van der Waals surface area contributed by atoms with Crippen LogP contribution < -0.4 is 11.5 Å². The lowest BCUT2D eigenvalue weighted by Gasteiger charge is -2.12. The molecule has 158 valence electrons. The molecule has 0 spiro atoms. The zero-order chi connectivity index (χ0) is 21.2. The van der Waals surface area contributed by atoms with E-state index in [1.165, 1.54) is 31.3 Å². The standard InChI is InChI=1S/C26H26N2OS2/c27-23(15-30-21-11-9-17-5-1-3-7-19(17)13-21)25-26(29-25)24(28)16-31-22-12-10-18-6-2-4-8-20(18)14-22/h1-14,23-26H,15-16,27-28H2/t23-,24-,25-,26+/m1/s1. The largest absolute Gasteiger partial charge is 0.366 e. The summed E-state index contributed by atoms with van der Waals surface area (Å²) < 4.78 is 5.88. The van der Waals surface area contributed by atoms with Gasteiger partial charge < -0.3 is 16.2 Å². The Balaban J connectivity index is 1.11. The highest BCUT2D eigenvalue weighted by atomic mass is 32.2. The Labute approximate surface area is 191 Å². The van der Waals surface area contributed by atoms with Crippen LogP contribution in [0.3, 0.4) is 0 Å². The number of hydrogen-bond donors (Lipinski definition) is 2. The summed E-state index contributed by atoms with van der Waals surface area (Å²) in [6.45, 7) is 0. The van der Waals surface area contributed by atoms with E-state index in [-0.39, 0.29) is 24.3 Å². The third-order valence-corrected chi connectivity index (χ3v) is 8.01. The molecule has 0 bridgehead atoms. The molecule has 5 heteroatoms. The molecule has 1 aliphatic rings. The summed E-state index contributed by atoms with van der Waals surface area (Å²) in [6.07, 6.45) is 0.111. The molecule has 1 fully saturated rings. The minimum absolute atomic E-state index is 0.0156. The number of nitrogens with two attached hydrogens (primary N) is 2. The van der Waals surface area contributed by atoms with Crippen molar-refractivity contribution in [3.63, 3.8) is 0 Å². The monoisotopic (exact) mass is 446 g/mol. The predicted octanol–water partition coefficient (Wildman–Crippen LogP) is 5.30. The molecule has 0 aliphatic carbocycles. The summed E-state index contributed by atoms with van der Waals surface area (Å²) in [5, 5.41) is 5.04. The fourth-order valence-electron chi connectivity index (χ4n) is 3.91. The van der Waals surface area contributed by atoms with Crippen molar-refractivity contribution in [2.24, 2.45) is 11.5 Å². The summed E-state index contributed by atoms with van der Waals surface area (Å²) in [6, 6.07) is 29.9. The van der Waals surface area contributed by atoms with Crippen LogP contribution in [0.5, 0.6) is 0 Å². The molecule has 4 atom stereocenters. The number of hydrogen-bond acceptors (Lipinski definition) is 5. The molecule has 0 unspecified atom stereocenters. The molecule has 0 radical (unpaired) electrons. The van der Waals surface area contributed by atoms with E-state index in [0.717, 1.165) is 11.5 Å². The first kappa shape index (κ1) is 20.9. The van der Waals surface area contributed by atoms with E-state index in [4.69, 9.17) is 16.2 Å². The van der Waals surface area contributed by atoms with Crippen LogP contribution >= 0.6 is 23.5 Å². The van der Waals surface area contributed by atoms with E-state index in [2.05, 4.69) is 84.9 Å². The van der Waals surface area contributed by atoms with Gasteiger partial charge in [-0.2, -0.15) is 0 Å². The molecular formula is C26H26N2OS2. The molecule has 3 nitrogen and oxygen atoms in total. The van der Waals surface area contributed by atoms with Crippen LogP contribution in [-0.4, -0.2) is 35.8 Å². The van der Waals surface area contributed by atoms with Crippen LogP contribution in [0.15, 0.2) is 94.7 Å². The number of fused-ring (bicyclic) bond motifs is 2. The van der Waals surface area contributed by atoms with Gasteiger partial charge in [0.1, 0.15) is 12.2 Å². The van der Waals surface area contributed by atoms with E-state index in [1.54, 1.807) is 23.5 Å². The summed E-state index contributed by atoms with van der Waals surface area (Å²) in [5.41, 5.74) is 12.9. The Kier molecular flexibility index (Phi) is 6.21. The fourth-order valence-corrected chi connectivity index (χ4v) is 5.81. The van der Waals surface area contributed by atoms with Crippen molar-refractivity contribution in [2.45, 2.75) is 34.1 Å². The first-order valence-corrected chi connectivity index (χ1v) is 12.5. The Bertz CT molecular complexity index is 1100. The van der Waals surface area contributed by atoms with Crippen LogP contribution in [0.25, 0.3) is 21.5 Å². The van der Waals surface area contributed by atoms with Crippen molar-refractivity contribution in [1.82, 2.24) is 0 Å². The second-order valence-electron chi connectivity index (χ2n) is 8.03.